The monoisotopic (exact) mass is 521 g/mol. The van der Waals surface area contributed by atoms with Crippen LogP contribution in [0.15, 0.2) is 48.5 Å². The van der Waals surface area contributed by atoms with E-state index in [1.165, 1.54) is 0 Å². The first-order valence-corrected chi connectivity index (χ1v) is 14.9. The molecule has 10 nitrogen and oxygen atoms in total. The van der Waals surface area contributed by atoms with Crippen LogP contribution in [0.2, 0.25) is 0 Å². The van der Waals surface area contributed by atoms with Gasteiger partial charge in [-0.2, -0.15) is 0 Å². The lowest BCUT2D eigenvalue weighted by Crippen LogP contribution is -2.14. The van der Waals surface area contributed by atoms with Crippen LogP contribution in [0, 0.1) is 0 Å². The molecule has 0 spiro atoms. The number of benzene rings is 2. The third-order valence-electron chi connectivity index (χ3n) is 5.69. The molecule has 35 heavy (non-hydrogen) atoms. The average molecular weight is 521 g/mol. The Morgan fingerprint density at radius 1 is 1.09 bits per heavy atom. The molecule has 1 saturated heterocycles. The average Bonchev–Trinajstić information content (AvgIpc) is 3.29. The van der Waals surface area contributed by atoms with Crippen LogP contribution in [0.1, 0.15) is 42.8 Å². The highest BCUT2D eigenvalue weighted by Crippen LogP contribution is 2.55. The number of nitrogens with zero attached hydrogens (tertiary/aromatic N) is 2. The summed E-state index contributed by atoms with van der Waals surface area (Å²) in [6.07, 6.45) is 1.27. The molecule has 188 valence electrons. The van der Waals surface area contributed by atoms with Crippen LogP contribution in [-0.2, 0) is 31.4 Å². The van der Waals surface area contributed by atoms with Crippen molar-refractivity contribution in [1.82, 2.24) is 9.97 Å². The fourth-order valence-electron chi connectivity index (χ4n) is 4.02. The fourth-order valence-corrected chi connectivity index (χ4v) is 6.60. The minimum absolute atomic E-state index is 0.215. The molecule has 1 aliphatic rings. The molecule has 1 fully saturated rings. The number of anilines is 1. The molecule has 1 aromatic heterocycles. The van der Waals surface area contributed by atoms with Gasteiger partial charge in [0.05, 0.1) is 24.3 Å². The summed E-state index contributed by atoms with van der Waals surface area (Å²) in [5.74, 6) is 0.290. The minimum atomic E-state index is -4.66. The first-order chi connectivity index (χ1) is 16.6. The van der Waals surface area contributed by atoms with E-state index < -0.39 is 27.2 Å². The SMILES string of the molecule is CCc1nc(NCc2ccccc2)c2ccc([C@H]3CC[C@@H](COP(=O)(O)CP(=O)(O)O)O3)cc2n1. The van der Waals surface area contributed by atoms with Gasteiger partial charge >= 0.3 is 15.2 Å². The lowest BCUT2D eigenvalue weighted by atomic mass is 10.0. The summed E-state index contributed by atoms with van der Waals surface area (Å²) in [6, 6.07) is 16.0. The summed E-state index contributed by atoms with van der Waals surface area (Å²) in [6.45, 7) is 2.43. The Morgan fingerprint density at radius 3 is 2.57 bits per heavy atom. The molecule has 3 atom stereocenters. The van der Waals surface area contributed by atoms with Gasteiger partial charge in [-0.25, -0.2) is 9.97 Å². The molecule has 2 heterocycles. The zero-order valence-electron chi connectivity index (χ0n) is 19.3. The van der Waals surface area contributed by atoms with Crippen molar-refractivity contribution in [3.63, 3.8) is 0 Å². The topological polar surface area (TPSA) is 151 Å². The number of hydrogen-bond donors (Lipinski definition) is 4. The van der Waals surface area contributed by atoms with E-state index in [1.807, 2.05) is 43.3 Å². The van der Waals surface area contributed by atoms with Crippen LogP contribution in [0.25, 0.3) is 10.9 Å². The van der Waals surface area contributed by atoms with Crippen molar-refractivity contribution < 1.29 is 33.1 Å². The van der Waals surface area contributed by atoms with E-state index in [1.54, 1.807) is 0 Å². The fraction of sp³-hybridized carbons (Fsp3) is 0.391. The highest BCUT2D eigenvalue weighted by molar-refractivity contribution is 7.70. The number of aryl methyl sites for hydroxylation is 1. The van der Waals surface area contributed by atoms with E-state index >= 15 is 0 Å². The van der Waals surface area contributed by atoms with E-state index in [-0.39, 0.29) is 12.7 Å². The highest BCUT2D eigenvalue weighted by Gasteiger charge is 2.34. The Bertz CT molecular complexity index is 1270. The second-order valence-electron chi connectivity index (χ2n) is 8.52. The van der Waals surface area contributed by atoms with Crippen molar-refractivity contribution >= 4 is 31.9 Å². The number of nitrogens with one attached hydrogen (secondary N) is 1. The summed E-state index contributed by atoms with van der Waals surface area (Å²) in [5.41, 5.74) is 2.88. The van der Waals surface area contributed by atoms with Crippen molar-refractivity contribution in [1.29, 1.82) is 0 Å². The summed E-state index contributed by atoms with van der Waals surface area (Å²) in [4.78, 5) is 36.9. The maximum absolute atomic E-state index is 11.9. The predicted molar refractivity (Wildman–Crippen MR) is 132 cm³/mol. The maximum Gasteiger partial charge on any atom is 0.340 e. The number of aromatic nitrogens is 2. The molecule has 0 radical (unpaired) electrons. The standard InChI is InChI=1S/C23H29N3O7P2/c1-2-22-25-20-12-17(8-10-19(20)23(26-22)24-13-16-6-4-3-5-7-16)21-11-9-18(33-21)14-32-35(30,31)15-34(27,28)29/h3-8,10,12,18,21H,2,9,11,13-15H2,1H3,(H,30,31)(H,24,25,26)(H2,27,28,29)/t18-,21+/m0/s1. The number of ether oxygens (including phenoxy) is 1. The third kappa shape index (κ3) is 7.18. The molecule has 0 amide bonds. The van der Waals surface area contributed by atoms with Gasteiger partial charge in [0, 0.05) is 18.4 Å². The Balaban J connectivity index is 1.45. The van der Waals surface area contributed by atoms with Crippen molar-refractivity contribution in [2.75, 3.05) is 17.8 Å². The van der Waals surface area contributed by atoms with Crippen molar-refractivity contribution in [3.8, 4) is 0 Å². The van der Waals surface area contributed by atoms with Gasteiger partial charge in [-0.05, 0) is 36.1 Å². The Kier molecular flexibility index (Phi) is 8.03. The van der Waals surface area contributed by atoms with Crippen molar-refractivity contribution in [2.24, 2.45) is 0 Å². The van der Waals surface area contributed by atoms with Gasteiger partial charge in [0.15, 0.2) is 5.90 Å². The molecule has 2 aromatic carbocycles. The largest absolute Gasteiger partial charge is 0.368 e. The lowest BCUT2D eigenvalue weighted by molar-refractivity contribution is 0.0150. The molecule has 12 heteroatoms. The van der Waals surface area contributed by atoms with Gasteiger partial charge in [0.1, 0.15) is 11.6 Å². The van der Waals surface area contributed by atoms with E-state index in [0.717, 1.165) is 33.7 Å². The molecule has 4 N–H and O–H groups in total. The molecule has 4 rings (SSSR count). The predicted octanol–water partition coefficient (Wildman–Crippen LogP) is 4.36. The zero-order valence-corrected chi connectivity index (χ0v) is 21.1. The second kappa shape index (κ2) is 10.8. The molecule has 3 aromatic rings. The third-order valence-corrected chi connectivity index (χ3v) is 9.15. The molecular formula is C23H29N3O7P2. The van der Waals surface area contributed by atoms with Gasteiger partial charge in [-0.1, -0.05) is 43.3 Å². The molecule has 1 aliphatic heterocycles. The van der Waals surface area contributed by atoms with Crippen LogP contribution in [0.4, 0.5) is 5.82 Å². The molecule has 1 unspecified atom stereocenters. The van der Waals surface area contributed by atoms with E-state index in [4.69, 9.17) is 19.0 Å². The summed E-state index contributed by atoms with van der Waals surface area (Å²) in [7, 11) is -9.06. The molecule has 0 saturated carbocycles. The van der Waals surface area contributed by atoms with Crippen LogP contribution in [0.5, 0.6) is 0 Å². The van der Waals surface area contributed by atoms with Crippen molar-refractivity contribution in [2.45, 2.75) is 44.9 Å². The van der Waals surface area contributed by atoms with Crippen LogP contribution >= 0.6 is 15.2 Å². The van der Waals surface area contributed by atoms with Gasteiger partial charge in [0.2, 0.25) is 0 Å². The van der Waals surface area contributed by atoms with Gasteiger partial charge in [-0.3, -0.25) is 9.13 Å². The normalized spacial score (nSPS) is 20.1. The quantitative estimate of drug-likeness (QED) is 0.283. The molecular weight excluding hydrogens is 492 g/mol. The Labute approximate surface area is 203 Å². The summed E-state index contributed by atoms with van der Waals surface area (Å²) < 4.78 is 33.8. The van der Waals surface area contributed by atoms with Gasteiger partial charge in [0.25, 0.3) is 0 Å². The molecule has 0 bridgehead atoms. The van der Waals surface area contributed by atoms with E-state index in [0.29, 0.717) is 25.8 Å². The maximum atomic E-state index is 11.9. The smallest absolute Gasteiger partial charge is 0.340 e. The number of rotatable bonds is 10. The number of hydrogen-bond acceptors (Lipinski definition) is 7. The minimum Gasteiger partial charge on any atom is -0.368 e. The van der Waals surface area contributed by atoms with Crippen LogP contribution < -0.4 is 5.32 Å². The Morgan fingerprint density at radius 2 is 1.86 bits per heavy atom. The van der Waals surface area contributed by atoms with Crippen molar-refractivity contribution in [3.05, 3.63) is 65.5 Å². The van der Waals surface area contributed by atoms with E-state index in [9.17, 15) is 14.0 Å². The number of fused-ring (bicyclic) bond motifs is 1. The summed E-state index contributed by atoms with van der Waals surface area (Å²) in [5, 5.41) is 4.32. The van der Waals surface area contributed by atoms with E-state index in [2.05, 4.69) is 27.4 Å². The first-order valence-electron chi connectivity index (χ1n) is 11.4. The second-order valence-corrected chi connectivity index (χ2v) is 12.5. The van der Waals surface area contributed by atoms with Gasteiger partial charge in [-0.15, -0.1) is 0 Å². The zero-order chi connectivity index (χ0) is 25.1. The summed E-state index contributed by atoms with van der Waals surface area (Å²) >= 11 is 0. The van der Waals surface area contributed by atoms with Crippen LogP contribution in [-0.4, -0.2) is 43.3 Å². The van der Waals surface area contributed by atoms with Crippen LogP contribution in [0.3, 0.4) is 0 Å². The highest BCUT2D eigenvalue weighted by atomic mass is 31.2. The molecule has 0 aliphatic carbocycles. The van der Waals surface area contributed by atoms with Gasteiger partial charge < -0.3 is 29.3 Å². The first kappa shape index (κ1) is 25.9. The Hall–Kier alpha value is -2.16. The lowest BCUT2D eigenvalue weighted by Gasteiger charge is -2.18.